The normalized spacial score (nSPS) is 20.8. The molecule has 3 atom stereocenters. The van der Waals surface area contributed by atoms with Crippen molar-refractivity contribution in [3.8, 4) is 0 Å². The molecule has 29 heavy (non-hydrogen) atoms. The number of nitrogens with one attached hydrogen (secondary N) is 2. The summed E-state index contributed by atoms with van der Waals surface area (Å²) in [6.45, 7) is 7.79. The van der Waals surface area contributed by atoms with Crippen LogP contribution in [0.4, 0.5) is 0 Å². The summed E-state index contributed by atoms with van der Waals surface area (Å²) in [6.07, 6.45) is 5.41. The zero-order chi connectivity index (χ0) is 20.2. The Kier molecular flexibility index (Phi) is 13.8. The zero-order valence-corrected chi connectivity index (χ0v) is 21.4. The summed E-state index contributed by atoms with van der Waals surface area (Å²) >= 11 is 0. The Bertz CT molecular complexity index is 614. The molecular weight excluding hydrogens is 495 g/mol. The van der Waals surface area contributed by atoms with Crippen LogP contribution in [0.3, 0.4) is 0 Å². The smallest absolute Gasteiger partial charge is 0.191 e. The summed E-state index contributed by atoms with van der Waals surface area (Å²) in [6, 6.07) is 11.0. The molecule has 1 aliphatic carbocycles. The zero-order valence-electron chi connectivity index (χ0n) is 18.2. The lowest BCUT2D eigenvalue weighted by Crippen LogP contribution is -2.46. The number of rotatable bonds is 10. The second-order valence-electron chi connectivity index (χ2n) is 7.64. The molecule has 1 fully saturated rings. The third kappa shape index (κ3) is 10.3. The monoisotopic (exact) mass is 534 g/mol. The second kappa shape index (κ2) is 15.2. The Morgan fingerprint density at radius 2 is 2.00 bits per heavy atom. The van der Waals surface area contributed by atoms with Crippen LogP contribution < -0.4 is 10.6 Å². The lowest BCUT2D eigenvalue weighted by molar-refractivity contribution is 0.324. The van der Waals surface area contributed by atoms with Crippen molar-refractivity contribution in [3.63, 3.8) is 0 Å². The van der Waals surface area contributed by atoms with Crippen LogP contribution >= 0.6 is 24.0 Å². The first-order valence-electron chi connectivity index (χ1n) is 10.8. The molecule has 1 saturated carbocycles. The van der Waals surface area contributed by atoms with E-state index >= 15 is 0 Å². The van der Waals surface area contributed by atoms with E-state index in [4.69, 9.17) is 4.99 Å². The molecule has 0 amide bonds. The summed E-state index contributed by atoms with van der Waals surface area (Å²) < 4.78 is 12.2. The Morgan fingerprint density at radius 3 is 2.69 bits per heavy atom. The van der Waals surface area contributed by atoms with Gasteiger partial charge in [-0.05, 0) is 51.8 Å². The van der Waals surface area contributed by atoms with Gasteiger partial charge in [0.15, 0.2) is 5.96 Å². The predicted molar refractivity (Wildman–Crippen MR) is 137 cm³/mol. The van der Waals surface area contributed by atoms with Crippen LogP contribution in [0.5, 0.6) is 0 Å². The summed E-state index contributed by atoms with van der Waals surface area (Å²) in [4.78, 5) is 7.11. The van der Waals surface area contributed by atoms with Crippen LogP contribution in [0.2, 0.25) is 0 Å². The number of guanidine groups is 1. The predicted octanol–water partition coefficient (Wildman–Crippen LogP) is 3.76. The Morgan fingerprint density at radius 1 is 1.24 bits per heavy atom. The standard InChI is InChI=1S/C22H38N4OS.HI/c1-4-23-22(25-20-13-9-14-21(17-20)28(27)5-2)24-15-10-16-26(3)18-19-11-7-6-8-12-19;/h6-8,11-12,20-21H,4-5,9-10,13-18H2,1-3H3,(H2,23,24,25);1H. The minimum atomic E-state index is -0.688. The summed E-state index contributed by atoms with van der Waals surface area (Å²) in [5.41, 5.74) is 1.35. The van der Waals surface area contributed by atoms with Crippen LogP contribution in [-0.2, 0) is 17.3 Å². The second-order valence-corrected chi connectivity index (χ2v) is 9.64. The van der Waals surface area contributed by atoms with E-state index < -0.39 is 10.8 Å². The van der Waals surface area contributed by atoms with Crippen molar-refractivity contribution in [1.82, 2.24) is 15.5 Å². The maximum absolute atomic E-state index is 12.2. The van der Waals surface area contributed by atoms with Crippen molar-refractivity contribution in [3.05, 3.63) is 35.9 Å². The van der Waals surface area contributed by atoms with Crippen molar-refractivity contribution in [1.29, 1.82) is 0 Å². The molecule has 0 saturated heterocycles. The molecule has 5 nitrogen and oxygen atoms in total. The highest BCUT2D eigenvalue weighted by Crippen LogP contribution is 2.22. The molecule has 0 heterocycles. The van der Waals surface area contributed by atoms with Gasteiger partial charge in [-0.15, -0.1) is 24.0 Å². The number of benzene rings is 1. The minimum Gasteiger partial charge on any atom is -0.357 e. The van der Waals surface area contributed by atoms with Gasteiger partial charge in [0.25, 0.3) is 0 Å². The molecule has 1 aromatic carbocycles. The van der Waals surface area contributed by atoms with E-state index in [-0.39, 0.29) is 24.0 Å². The van der Waals surface area contributed by atoms with Crippen molar-refractivity contribution >= 4 is 40.7 Å². The molecule has 1 aromatic rings. The molecule has 0 bridgehead atoms. The van der Waals surface area contributed by atoms with E-state index in [1.807, 2.05) is 6.92 Å². The van der Waals surface area contributed by atoms with Crippen LogP contribution in [-0.4, -0.2) is 58.8 Å². The first-order chi connectivity index (χ1) is 13.6. The molecular formula is C22H39IN4OS. The van der Waals surface area contributed by atoms with E-state index in [2.05, 4.69) is 59.8 Å². The molecule has 0 spiro atoms. The maximum Gasteiger partial charge on any atom is 0.191 e. The van der Waals surface area contributed by atoms with Crippen molar-refractivity contribution in [2.75, 3.05) is 32.4 Å². The first kappa shape index (κ1) is 26.4. The van der Waals surface area contributed by atoms with Gasteiger partial charge in [0, 0.05) is 47.5 Å². The highest BCUT2D eigenvalue weighted by molar-refractivity contribution is 14.0. The summed E-state index contributed by atoms with van der Waals surface area (Å²) in [5.74, 6) is 1.67. The van der Waals surface area contributed by atoms with Crippen molar-refractivity contribution < 1.29 is 4.21 Å². The Balaban J connectivity index is 0.00000420. The van der Waals surface area contributed by atoms with Crippen LogP contribution in [0.1, 0.15) is 51.5 Å². The third-order valence-electron chi connectivity index (χ3n) is 5.23. The van der Waals surface area contributed by atoms with Crippen molar-refractivity contribution in [2.24, 2.45) is 4.99 Å². The fraction of sp³-hybridized carbons (Fsp3) is 0.682. The number of nitrogens with zero attached hydrogens (tertiary/aromatic N) is 2. The van der Waals surface area contributed by atoms with E-state index in [0.29, 0.717) is 11.3 Å². The summed E-state index contributed by atoms with van der Waals surface area (Å²) in [5, 5.41) is 7.29. The average Bonchev–Trinajstić information content (AvgIpc) is 2.71. The topological polar surface area (TPSA) is 56.7 Å². The lowest BCUT2D eigenvalue weighted by Gasteiger charge is -2.30. The molecule has 7 heteroatoms. The van der Waals surface area contributed by atoms with Crippen LogP contribution in [0, 0.1) is 0 Å². The van der Waals surface area contributed by atoms with Crippen LogP contribution in [0.25, 0.3) is 0 Å². The van der Waals surface area contributed by atoms with Gasteiger partial charge in [-0.25, -0.2) is 0 Å². The lowest BCUT2D eigenvalue weighted by atomic mass is 9.95. The quantitative estimate of drug-likeness (QED) is 0.208. The van der Waals surface area contributed by atoms with Gasteiger partial charge >= 0.3 is 0 Å². The van der Waals surface area contributed by atoms with Gasteiger partial charge in [0.2, 0.25) is 0 Å². The number of halogens is 1. The van der Waals surface area contributed by atoms with E-state index in [9.17, 15) is 4.21 Å². The highest BCUT2D eigenvalue weighted by atomic mass is 127. The average molecular weight is 535 g/mol. The van der Waals surface area contributed by atoms with E-state index in [0.717, 1.165) is 70.0 Å². The van der Waals surface area contributed by atoms with Gasteiger partial charge in [-0.3, -0.25) is 9.20 Å². The molecule has 1 aliphatic rings. The molecule has 0 aromatic heterocycles. The fourth-order valence-corrected chi connectivity index (χ4v) is 5.12. The van der Waals surface area contributed by atoms with E-state index in [1.165, 1.54) is 5.56 Å². The Hall–Kier alpha value is -0.670. The van der Waals surface area contributed by atoms with Gasteiger partial charge in [-0.2, -0.15) is 0 Å². The van der Waals surface area contributed by atoms with Gasteiger partial charge < -0.3 is 15.5 Å². The fourth-order valence-electron chi connectivity index (χ4n) is 3.77. The van der Waals surface area contributed by atoms with Crippen LogP contribution in [0.15, 0.2) is 35.3 Å². The molecule has 0 radical (unpaired) electrons. The number of hydrogen-bond acceptors (Lipinski definition) is 3. The molecule has 3 unspecified atom stereocenters. The van der Waals surface area contributed by atoms with E-state index in [1.54, 1.807) is 0 Å². The number of aliphatic imine (C=N–C) groups is 1. The molecule has 0 aliphatic heterocycles. The summed E-state index contributed by atoms with van der Waals surface area (Å²) in [7, 11) is 1.48. The minimum absolute atomic E-state index is 0. The largest absolute Gasteiger partial charge is 0.357 e. The first-order valence-corrected chi connectivity index (χ1v) is 12.1. The molecule has 2 N–H and O–H groups in total. The maximum atomic E-state index is 12.2. The highest BCUT2D eigenvalue weighted by Gasteiger charge is 2.25. The number of hydrogen-bond donors (Lipinski definition) is 2. The van der Waals surface area contributed by atoms with Gasteiger partial charge in [-0.1, -0.05) is 43.7 Å². The van der Waals surface area contributed by atoms with Gasteiger partial charge in [0.1, 0.15) is 0 Å². The molecule has 166 valence electrons. The SMILES string of the molecule is CCNC(=NCCCN(C)Cc1ccccc1)NC1CCCC(S(=O)CC)C1.I. The Labute approximate surface area is 197 Å². The molecule has 2 rings (SSSR count). The van der Waals surface area contributed by atoms with Crippen molar-refractivity contribution in [2.45, 2.75) is 63.8 Å². The van der Waals surface area contributed by atoms with Gasteiger partial charge in [0.05, 0.1) is 0 Å². The third-order valence-corrected chi connectivity index (χ3v) is 6.97.